The highest BCUT2D eigenvalue weighted by Gasteiger charge is 2.10. The van der Waals surface area contributed by atoms with Crippen molar-refractivity contribution in [1.29, 1.82) is 0 Å². The molecule has 0 fully saturated rings. The molecular formula is C17H13ClFN3O2. The van der Waals surface area contributed by atoms with E-state index in [1.807, 2.05) is 6.07 Å². The number of furan rings is 1. The Morgan fingerprint density at radius 3 is 2.83 bits per heavy atom. The van der Waals surface area contributed by atoms with Crippen molar-refractivity contribution in [3.8, 4) is 0 Å². The highest BCUT2D eigenvalue weighted by atomic mass is 35.5. The molecule has 0 saturated carbocycles. The lowest BCUT2D eigenvalue weighted by Gasteiger charge is -2.08. The number of anilines is 2. The van der Waals surface area contributed by atoms with Gasteiger partial charge in [0.2, 0.25) is 0 Å². The smallest absolute Gasteiger partial charge is 0.274 e. The van der Waals surface area contributed by atoms with Crippen molar-refractivity contribution in [2.75, 3.05) is 10.6 Å². The number of aromatic nitrogens is 1. The third-order valence-corrected chi connectivity index (χ3v) is 3.51. The second-order valence-corrected chi connectivity index (χ2v) is 5.35. The topological polar surface area (TPSA) is 67.2 Å². The fourth-order valence-electron chi connectivity index (χ4n) is 2.04. The van der Waals surface area contributed by atoms with Gasteiger partial charge in [0.15, 0.2) is 0 Å². The summed E-state index contributed by atoms with van der Waals surface area (Å²) < 4.78 is 18.4. The number of pyridine rings is 1. The fraction of sp³-hybridized carbons (Fsp3) is 0.0588. The number of amides is 1. The lowest BCUT2D eigenvalue weighted by molar-refractivity contribution is 0.102. The highest BCUT2D eigenvalue weighted by Crippen LogP contribution is 2.20. The molecule has 1 amide bonds. The number of carbonyl (C=O) groups is 1. The van der Waals surface area contributed by atoms with Crippen LogP contribution in [0.3, 0.4) is 0 Å². The summed E-state index contributed by atoms with van der Waals surface area (Å²) in [7, 11) is 0. The van der Waals surface area contributed by atoms with Gasteiger partial charge in [-0.05, 0) is 42.5 Å². The molecule has 2 N–H and O–H groups in total. The number of halogens is 2. The molecule has 2 aromatic heterocycles. The summed E-state index contributed by atoms with van der Waals surface area (Å²) in [6.07, 6.45) is 3.12. The maximum absolute atomic E-state index is 13.1. The zero-order chi connectivity index (χ0) is 16.9. The van der Waals surface area contributed by atoms with Gasteiger partial charge in [-0.1, -0.05) is 11.6 Å². The van der Waals surface area contributed by atoms with Crippen molar-refractivity contribution in [2.45, 2.75) is 6.54 Å². The lowest BCUT2D eigenvalue weighted by Crippen LogP contribution is -2.14. The molecule has 7 heteroatoms. The third kappa shape index (κ3) is 3.91. The summed E-state index contributed by atoms with van der Waals surface area (Å²) in [4.78, 5) is 16.3. The van der Waals surface area contributed by atoms with Gasteiger partial charge in [-0.25, -0.2) is 4.39 Å². The second kappa shape index (κ2) is 7.14. The van der Waals surface area contributed by atoms with E-state index in [1.54, 1.807) is 24.5 Å². The van der Waals surface area contributed by atoms with Gasteiger partial charge >= 0.3 is 0 Å². The molecule has 0 aliphatic heterocycles. The average Bonchev–Trinajstić information content (AvgIpc) is 3.10. The summed E-state index contributed by atoms with van der Waals surface area (Å²) in [6.45, 7) is 0.492. The van der Waals surface area contributed by atoms with Gasteiger partial charge in [0.1, 0.15) is 17.3 Å². The highest BCUT2D eigenvalue weighted by molar-refractivity contribution is 6.31. The number of nitrogens with one attached hydrogen (secondary N) is 2. The molecule has 0 spiro atoms. The Balaban J connectivity index is 1.68. The van der Waals surface area contributed by atoms with E-state index >= 15 is 0 Å². The summed E-state index contributed by atoms with van der Waals surface area (Å²) >= 11 is 5.70. The molecule has 3 rings (SSSR count). The van der Waals surface area contributed by atoms with E-state index in [0.29, 0.717) is 12.2 Å². The molecule has 24 heavy (non-hydrogen) atoms. The molecular weight excluding hydrogens is 333 g/mol. The monoisotopic (exact) mass is 345 g/mol. The van der Waals surface area contributed by atoms with Crippen molar-refractivity contribution in [3.05, 3.63) is 77.2 Å². The third-order valence-electron chi connectivity index (χ3n) is 3.22. The van der Waals surface area contributed by atoms with Crippen LogP contribution in [-0.4, -0.2) is 10.9 Å². The van der Waals surface area contributed by atoms with Crippen LogP contribution in [0.5, 0.6) is 0 Å². The van der Waals surface area contributed by atoms with E-state index in [-0.39, 0.29) is 10.7 Å². The Hall–Kier alpha value is -2.86. The van der Waals surface area contributed by atoms with Crippen molar-refractivity contribution < 1.29 is 13.6 Å². The first-order valence-corrected chi connectivity index (χ1v) is 7.48. The summed E-state index contributed by atoms with van der Waals surface area (Å²) in [6, 6.07) is 11.0. The minimum atomic E-state index is -0.545. The van der Waals surface area contributed by atoms with E-state index in [1.165, 1.54) is 24.4 Å². The molecule has 0 aliphatic carbocycles. The maximum Gasteiger partial charge on any atom is 0.274 e. The van der Waals surface area contributed by atoms with Crippen molar-refractivity contribution in [2.24, 2.45) is 0 Å². The zero-order valence-electron chi connectivity index (χ0n) is 12.4. The molecule has 5 nitrogen and oxygen atoms in total. The normalized spacial score (nSPS) is 10.4. The summed E-state index contributed by atoms with van der Waals surface area (Å²) in [5.41, 5.74) is 1.34. The SMILES string of the molecule is O=C(Nc1ccc(F)c(Cl)c1)c1cc(NCc2ccco2)ccn1. The number of hydrogen-bond donors (Lipinski definition) is 2. The first-order chi connectivity index (χ1) is 11.6. The predicted octanol–water partition coefficient (Wildman–Crippen LogP) is 4.33. The van der Waals surface area contributed by atoms with Gasteiger partial charge in [-0.3, -0.25) is 9.78 Å². The van der Waals surface area contributed by atoms with Gasteiger partial charge < -0.3 is 15.1 Å². The summed E-state index contributed by atoms with van der Waals surface area (Å²) in [5.74, 6) is -0.185. The minimum absolute atomic E-state index is 0.0605. The number of rotatable bonds is 5. The second-order valence-electron chi connectivity index (χ2n) is 4.95. The number of hydrogen-bond acceptors (Lipinski definition) is 4. The average molecular weight is 346 g/mol. The van der Waals surface area contributed by atoms with Gasteiger partial charge in [-0.2, -0.15) is 0 Å². The molecule has 122 valence electrons. The van der Waals surface area contributed by atoms with Gasteiger partial charge in [0, 0.05) is 17.6 Å². The largest absolute Gasteiger partial charge is 0.467 e. The Morgan fingerprint density at radius 1 is 1.21 bits per heavy atom. The molecule has 0 atom stereocenters. The van der Waals surface area contributed by atoms with Crippen LogP contribution >= 0.6 is 11.6 Å². The van der Waals surface area contributed by atoms with Crippen molar-refractivity contribution in [1.82, 2.24) is 4.98 Å². The van der Waals surface area contributed by atoms with Crippen LogP contribution in [0.1, 0.15) is 16.2 Å². The standard InChI is InChI=1S/C17H13ClFN3O2/c18-14-8-12(3-4-15(14)19)22-17(23)16-9-11(5-6-20-16)21-10-13-2-1-7-24-13/h1-9H,10H2,(H,20,21)(H,22,23). The molecule has 2 heterocycles. The molecule has 0 bridgehead atoms. The van der Waals surface area contributed by atoms with E-state index in [9.17, 15) is 9.18 Å². The van der Waals surface area contributed by atoms with E-state index in [4.69, 9.17) is 16.0 Å². The van der Waals surface area contributed by atoms with Gasteiger partial charge in [-0.15, -0.1) is 0 Å². The van der Waals surface area contributed by atoms with Crippen molar-refractivity contribution in [3.63, 3.8) is 0 Å². The fourth-order valence-corrected chi connectivity index (χ4v) is 2.22. The van der Waals surface area contributed by atoms with Crippen LogP contribution in [0.2, 0.25) is 5.02 Å². The van der Waals surface area contributed by atoms with Crippen LogP contribution < -0.4 is 10.6 Å². The molecule has 0 radical (unpaired) electrons. The van der Waals surface area contributed by atoms with Gasteiger partial charge in [0.05, 0.1) is 17.8 Å². The number of nitrogens with zero attached hydrogens (tertiary/aromatic N) is 1. The maximum atomic E-state index is 13.1. The van der Waals surface area contributed by atoms with Gasteiger partial charge in [0.25, 0.3) is 5.91 Å². The Morgan fingerprint density at radius 2 is 2.08 bits per heavy atom. The molecule has 3 aromatic rings. The first kappa shape index (κ1) is 16.0. The Labute approximate surface area is 142 Å². The summed E-state index contributed by atoms with van der Waals surface area (Å²) in [5, 5.41) is 5.70. The minimum Gasteiger partial charge on any atom is -0.467 e. The molecule has 0 aliphatic rings. The lowest BCUT2D eigenvalue weighted by atomic mass is 10.2. The first-order valence-electron chi connectivity index (χ1n) is 7.10. The number of benzene rings is 1. The molecule has 0 saturated heterocycles. The van der Waals surface area contributed by atoms with E-state index in [2.05, 4.69) is 15.6 Å². The predicted molar refractivity (Wildman–Crippen MR) is 89.6 cm³/mol. The quantitative estimate of drug-likeness (QED) is 0.722. The van der Waals surface area contributed by atoms with Crippen molar-refractivity contribution >= 4 is 28.9 Å². The zero-order valence-corrected chi connectivity index (χ0v) is 13.2. The van der Waals surface area contributed by atoms with Crippen LogP contribution in [-0.2, 0) is 6.54 Å². The Bertz CT molecular complexity index is 853. The van der Waals surface area contributed by atoms with E-state index < -0.39 is 11.7 Å². The number of carbonyl (C=O) groups excluding carboxylic acids is 1. The van der Waals surface area contributed by atoms with Crippen LogP contribution in [0.4, 0.5) is 15.8 Å². The molecule has 1 aromatic carbocycles. The van der Waals surface area contributed by atoms with E-state index in [0.717, 1.165) is 11.4 Å². The van der Waals surface area contributed by atoms with Crippen LogP contribution in [0, 0.1) is 5.82 Å². The Kier molecular flexibility index (Phi) is 4.77. The van der Waals surface area contributed by atoms with Crippen LogP contribution in [0.15, 0.2) is 59.3 Å². The molecule has 0 unspecified atom stereocenters. The van der Waals surface area contributed by atoms with Crippen LogP contribution in [0.25, 0.3) is 0 Å².